The summed E-state index contributed by atoms with van der Waals surface area (Å²) in [6.45, 7) is 5.60. The number of nitrogens with one attached hydrogen (secondary N) is 1. The van der Waals surface area contributed by atoms with Crippen LogP contribution < -0.4 is 5.32 Å². The summed E-state index contributed by atoms with van der Waals surface area (Å²) < 4.78 is 1.94. The van der Waals surface area contributed by atoms with Crippen LogP contribution in [0.4, 0.5) is 0 Å². The van der Waals surface area contributed by atoms with Crippen LogP contribution in [0.3, 0.4) is 0 Å². The van der Waals surface area contributed by atoms with Gasteiger partial charge in [-0.05, 0) is 56.8 Å². The number of carbonyl (C=O) groups excluding carboxylic acids is 2. The van der Waals surface area contributed by atoms with E-state index in [0.717, 1.165) is 69.4 Å². The molecule has 6 heteroatoms. The van der Waals surface area contributed by atoms with E-state index in [-0.39, 0.29) is 11.8 Å². The SMILES string of the molecule is CC1CCC(C(=O)N2CCC(CCNC(=O)c3cnn4c3CCC4)C2)C1. The molecule has 2 aliphatic heterocycles. The fourth-order valence-electron chi connectivity index (χ4n) is 4.90. The number of hydrogen-bond acceptors (Lipinski definition) is 3. The lowest BCUT2D eigenvalue weighted by Gasteiger charge is -2.20. The molecule has 1 saturated carbocycles. The van der Waals surface area contributed by atoms with Gasteiger partial charge in [-0.1, -0.05) is 6.92 Å². The van der Waals surface area contributed by atoms with Crippen molar-refractivity contribution in [3.05, 3.63) is 17.5 Å². The number of amides is 2. The average molecular weight is 358 g/mol. The molecular weight excluding hydrogens is 328 g/mol. The minimum atomic E-state index is -0.000905. The second kappa shape index (κ2) is 7.41. The molecule has 142 valence electrons. The number of carbonyl (C=O) groups is 2. The van der Waals surface area contributed by atoms with Crippen molar-refractivity contribution in [2.45, 2.75) is 58.4 Å². The largest absolute Gasteiger partial charge is 0.352 e. The van der Waals surface area contributed by atoms with Gasteiger partial charge in [0.25, 0.3) is 5.91 Å². The topological polar surface area (TPSA) is 67.2 Å². The van der Waals surface area contributed by atoms with Crippen LogP contribution in [-0.2, 0) is 17.8 Å². The molecule has 0 aromatic carbocycles. The van der Waals surface area contributed by atoms with E-state index in [1.54, 1.807) is 6.20 Å². The summed E-state index contributed by atoms with van der Waals surface area (Å²) in [5.41, 5.74) is 1.81. The third kappa shape index (κ3) is 3.51. The first-order valence-electron chi connectivity index (χ1n) is 10.2. The van der Waals surface area contributed by atoms with Crippen molar-refractivity contribution in [2.75, 3.05) is 19.6 Å². The minimum Gasteiger partial charge on any atom is -0.352 e. The molecule has 1 N–H and O–H groups in total. The minimum absolute atomic E-state index is 0.000905. The molecular formula is C20H30N4O2. The van der Waals surface area contributed by atoms with Gasteiger partial charge in [-0.2, -0.15) is 5.10 Å². The summed E-state index contributed by atoms with van der Waals surface area (Å²) in [5, 5.41) is 7.34. The smallest absolute Gasteiger partial charge is 0.254 e. The van der Waals surface area contributed by atoms with E-state index >= 15 is 0 Å². The second-order valence-corrected chi connectivity index (χ2v) is 8.43. The fraction of sp³-hybridized carbons (Fsp3) is 0.750. The Hall–Kier alpha value is -1.85. The Labute approximate surface area is 155 Å². The Morgan fingerprint density at radius 3 is 2.96 bits per heavy atom. The van der Waals surface area contributed by atoms with Crippen LogP contribution in [0.15, 0.2) is 6.20 Å². The van der Waals surface area contributed by atoms with Crippen molar-refractivity contribution in [1.29, 1.82) is 0 Å². The lowest BCUT2D eigenvalue weighted by Crippen LogP contribution is -2.34. The molecule has 6 nitrogen and oxygen atoms in total. The number of fused-ring (bicyclic) bond motifs is 1. The first-order valence-corrected chi connectivity index (χ1v) is 10.2. The Bertz CT molecular complexity index is 683. The molecule has 0 spiro atoms. The van der Waals surface area contributed by atoms with E-state index in [9.17, 15) is 9.59 Å². The van der Waals surface area contributed by atoms with Crippen molar-refractivity contribution in [1.82, 2.24) is 20.0 Å². The monoisotopic (exact) mass is 358 g/mol. The van der Waals surface area contributed by atoms with Crippen molar-refractivity contribution in [3.63, 3.8) is 0 Å². The Morgan fingerprint density at radius 2 is 2.15 bits per heavy atom. The van der Waals surface area contributed by atoms with E-state index in [2.05, 4.69) is 22.2 Å². The molecule has 1 aliphatic carbocycles. The van der Waals surface area contributed by atoms with Gasteiger partial charge >= 0.3 is 0 Å². The van der Waals surface area contributed by atoms with Gasteiger partial charge in [-0.15, -0.1) is 0 Å². The van der Waals surface area contributed by atoms with Gasteiger partial charge in [0.2, 0.25) is 5.91 Å². The van der Waals surface area contributed by atoms with Crippen molar-refractivity contribution < 1.29 is 9.59 Å². The molecule has 1 aromatic rings. The Kier molecular flexibility index (Phi) is 5.00. The van der Waals surface area contributed by atoms with Crippen LogP contribution in [0.5, 0.6) is 0 Å². The molecule has 3 unspecified atom stereocenters. The second-order valence-electron chi connectivity index (χ2n) is 8.43. The van der Waals surface area contributed by atoms with Gasteiger partial charge in [-0.3, -0.25) is 14.3 Å². The number of hydrogen-bond donors (Lipinski definition) is 1. The molecule has 2 amide bonds. The maximum Gasteiger partial charge on any atom is 0.254 e. The number of aromatic nitrogens is 2. The zero-order chi connectivity index (χ0) is 18.1. The van der Waals surface area contributed by atoms with Gasteiger partial charge in [-0.25, -0.2) is 0 Å². The lowest BCUT2D eigenvalue weighted by molar-refractivity contribution is -0.134. The molecule has 3 heterocycles. The van der Waals surface area contributed by atoms with Gasteiger partial charge in [0.05, 0.1) is 17.5 Å². The van der Waals surface area contributed by atoms with Gasteiger partial charge in [0.1, 0.15) is 0 Å². The van der Waals surface area contributed by atoms with Gasteiger partial charge in [0, 0.05) is 32.1 Å². The van der Waals surface area contributed by atoms with Crippen LogP contribution in [0, 0.1) is 17.8 Å². The van der Waals surface area contributed by atoms with E-state index in [0.29, 0.717) is 24.3 Å². The van der Waals surface area contributed by atoms with E-state index in [4.69, 9.17) is 0 Å². The number of aryl methyl sites for hydroxylation is 1. The third-order valence-electron chi connectivity index (χ3n) is 6.46. The van der Waals surface area contributed by atoms with Crippen LogP contribution in [0.1, 0.15) is 61.5 Å². The Balaban J connectivity index is 1.21. The summed E-state index contributed by atoms with van der Waals surface area (Å²) in [6, 6.07) is 0. The van der Waals surface area contributed by atoms with Crippen LogP contribution >= 0.6 is 0 Å². The van der Waals surface area contributed by atoms with Crippen LogP contribution in [0.2, 0.25) is 0 Å². The average Bonchev–Trinajstić information content (AvgIpc) is 3.38. The number of likely N-dealkylation sites (tertiary alicyclic amines) is 1. The molecule has 4 rings (SSSR count). The van der Waals surface area contributed by atoms with Crippen molar-refractivity contribution in [2.24, 2.45) is 17.8 Å². The molecule has 2 fully saturated rings. The summed E-state index contributed by atoms with van der Waals surface area (Å²) >= 11 is 0. The summed E-state index contributed by atoms with van der Waals surface area (Å²) in [4.78, 5) is 27.1. The zero-order valence-corrected chi connectivity index (χ0v) is 15.7. The number of rotatable bonds is 5. The van der Waals surface area contributed by atoms with Crippen molar-refractivity contribution in [3.8, 4) is 0 Å². The molecule has 1 saturated heterocycles. The maximum absolute atomic E-state index is 12.6. The zero-order valence-electron chi connectivity index (χ0n) is 15.7. The lowest BCUT2D eigenvalue weighted by atomic mass is 10.0. The standard InChI is InChI=1S/C20H30N4O2/c1-14-4-5-16(11-14)20(26)23-10-7-15(13-23)6-8-21-19(25)17-12-22-24-9-2-3-18(17)24/h12,14-16H,2-11,13H2,1H3,(H,21,25). The summed E-state index contributed by atoms with van der Waals surface area (Å²) in [6.07, 6.45) is 9.05. The third-order valence-corrected chi connectivity index (χ3v) is 6.46. The van der Waals surface area contributed by atoms with Gasteiger partial charge in [0.15, 0.2) is 0 Å². The highest BCUT2D eigenvalue weighted by molar-refractivity contribution is 5.95. The van der Waals surface area contributed by atoms with E-state index in [1.165, 1.54) is 6.42 Å². The molecule has 0 radical (unpaired) electrons. The summed E-state index contributed by atoms with van der Waals surface area (Å²) in [7, 11) is 0. The Morgan fingerprint density at radius 1 is 1.27 bits per heavy atom. The summed E-state index contributed by atoms with van der Waals surface area (Å²) in [5.74, 6) is 1.84. The normalized spacial score (nSPS) is 27.7. The molecule has 3 atom stereocenters. The number of nitrogens with zero attached hydrogens (tertiary/aromatic N) is 3. The van der Waals surface area contributed by atoms with E-state index < -0.39 is 0 Å². The van der Waals surface area contributed by atoms with Crippen LogP contribution in [-0.4, -0.2) is 46.1 Å². The van der Waals surface area contributed by atoms with Gasteiger partial charge < -0.3 is 10.2 Å². The quantitative estimate of drug-likeness (QED) is 0.878. The highest BCUT2D eigenvalue weighted by Gasteiger charge is 2.34. The molecule has 3 aliphatic rings. The predicted octanol–water partition coefficient (Wildman–Crippen LogP) is 2.23. The molecule has 0 bridgehead atoms. The highest BCUT2D eigenvalue weighted by atomic mass is 16.2. The highest BCUT2D eigenvalue weighted by Crippen LogP contribution is 2.33. The van der Waals surface area contributed by atoms with E-state index in [1.807, 2.05) is 4.68 Å². The van der Waals surface area contributed by atoms with Crippen LogP contribution in [0.25, 0.3) is 0 Å². The predicted molar refractivity (Wildman–Crippen MR) is 98.7 cm³/mol. The first kappa shape index (κ1) is 17.6. The fourth-order valence-corrected chi connectivity index (χ4v) is 4.90. The molecule has 26 heavy (non-hydrogen) atoms. The first-order chi connectivity index (χ1) is 12.6. The maximum atomic E-state index is 12.6. The van der Waals surface area contributed by atoms with Crippen molar-refractivity contribution >= 4 is 11.8 Å². The molecule has 1 aromatic heterocycles.